The fourth-order valence-electron chi connectivity index (χ4n) is 4.60. The van der Waals surface area contributed by atoms with Gasteiger partial charge in [0.1, 0.15) is 5.60 Å². The van der Waals surface area contributed by atoms with Gasteiger partial charge in [-0.05, 0) is 70.9 Å². The van der Waals surface area contributed by atoms with Gasteiger partial charge in [-0.3, -0.25) is 9.58 Å². The molecule has 0 saturated carbocycles. The Morgan fingerprint density at radius 2 is 2.05 bits per heavy atom. The van der Waals surface area contributed by atoms with E-state index >= 15 is 0 Å². The number of fused-ring (bicyclic) bond motifs is 1. The lowest BCUT2D eigenvalue weighted by atomic mass is 10.0. The Balaban J connectivity index is 1.52. The van der Waals surface area contributed by atoms with Gasteiger partial charge in [0, 0.05) is 51.3 Å². The number of benzene rings is 1. The van der Waals surface area contributed by atoms with Crippen LogP contribution in [0.15, 0.2) is 31.0 Å². The van der Waals surface area contributed by atoms with E-state index in [9.17, 15) is 4.79 Å². The summed E-state index contributed by atoms with van der Waals surface area (Å²) in [5.41, 5.74) is 4.67. The number of nitrogens with zero attached hydrogens (tertiary/aromatic N) is 6. The van der Waals surface area contributed by atoms with Crippen molar-refractivity contribution in [1.29, 1.82) is 0 Å². The molecule has 3 aromatic rings. The summed E-state index contributed by atoms with van der Waals surface area (Å²) in [5, 5.41) is 10.4. The molecule has 4 rings (SSSR count). The molecular weight excluding hydrogens is 468 g/mol. The zero-order chi connectivity index (χ0) is 26.7. The van der Waals surface area contributed by atoms with Gasteiger partial charge in [-0.1, -0.05) is 12.6 Å². The van der Waals surface area contributed by atoms with Crippen molar-refractivity contribution in [3.05, 3.63) is 42.4 Å². The molecule has 1 aliphatic rings. The highest BCUT2D eigenvalue weighted by Crippen LogP contribution is 2.33. The lowest BCUT2D eigenvalue weighted by Gasteiger charge is -2.26. The minimum atomic E-state index is -0.507. The molecule has 9 nitrogen and oxygen atoms in total. The monoisotopic (exact) mass is 508 g/mol. The molecule has 1 unspecified atom stereocenters. The molecule has 0 N–H and O–H groups in total. The number of hydrogen-bond acceptors (Lipinski definition) is 6. The van der Waals surface area contributed by atoms with Gasteiger partial charge >= 0.3 is 6.09 Å². The molecule has 1 atom stereocenters. The van der Waals surface area contributed by atoms with Gasteiger partial charge in [-0.2, -0.15) is 10.2 Å². The van der Waals surface area contributed by atoms with Crippen molar-refractivity contribution in [1.82, 2.24) is 29.4 Å². The zero-order valence-electron chi connectivity index (χ0n) is 23.0. The third kappa shape index (κ3) is 6.22. The molecule has 1 saturated heterocycles. The Morgan fingerprint density at radius 1 is 1.27 bits per heavy atom. The van der Waals surface area contributed by atoms with E-state index < -0.39 is 5.60 Å². The molecule has 0 aliphatic carbocycles. The average Bonchev–Trinajstić information content (AvgIpc) is 3.41. The van der Waals surface area contributed by atoms with Crippen LogP contribution in [0, 0.1) is 0 Å². The highest BCUT2D eigenvalue weighted by Gasteiger charge is 2.22. The molecule has 3 heterocycles. The van der Waals surface area contributed by atoms with Gasteiger partial charge in [0.2, 0.25) is 0 Å². The first-order chi connectivity index (χ1) is 17.6. The molecule has 1 fully saturated rings. The van der Waals surface area contributed by atoms with Gasteiger partial charge in [-0.15, -0.1) is 0 Å². The number of likely N-dealkylation sites (N-methyl/N-ethyl adjacent to an activating group) is 2. The molecule has 200 valence electrons. The number of ether oxygens (including phenoxy) is 2. The van der Waals surface area contributed by atoms with Crippen LogP contribution in [0.1, 0.15) is 57.6 Å². The molecule has 9 heteroatoms. The van der Waals surface area contributed by atoms with Crippen molar-refractivity contribution in [2.75, 3.05) is 33.8 Å². The summed E-state index contributed by atoms with van der Waals surface area (Å²) in [6.07, 6.45) is 6.60. The molecule has 0 radical (unpaired) electrons. The van der Waals surface area contributed by atoms with Gasteiger partial charge in [0.25, 0.3) is 0 Å². The van der Waals surface area contributed by atoms with E-state index in [1.165, 1.54) is 0 Å². The summed E-state index contributed by atoms with van der Waals surface area (Å²) in [6.45, 7) is 12.3. The fourth-order valence-corrected chi connectivity index (χ4v) is 4.60. The first-order valence-corrected chi connectivity index (χ1v) is 13.0. The fraction of sp³-hybridized carbons (Fsp3) is 0.536. The molecule has 0 spiro atoms. The second-order valence-corrected chi connectivity index (χ2v) is 10.9. The van der Waals surface area contributed by atoms with Crippen molar-refractivity contribution in [2.24, 2.45) is 7.05 Å². The molecule has 2 aromatic heterocycles. The molecule has 1 aromatic carbocycles. The maximum atomic E-state index is 12.3. The van der Waals surface area contributed by atoms with Gasteiger partial charge in [-0.25, -0.2) is 9.48 Å². The first-order valence-electron chi connectivity index (χ1n) is 13.0. The normalized spacial score (nSPS) is 16.4. The second kappa shape index (κ2) is 11.1. The molecular formula is C28H40N6O3. The van der Waals surface area contributed by atoms with E-state index in [0.717, 1.165) is 59.3 Å². The SMILES string of the molecule is C=Cc1nn(C2CCCCO2)c2ccc(-c3cnn(C)c3CN(C)CCN(C)C(=O)OC(C)(C)C)cc12. The number of carbonyl (C=O) groups is 1. The minimum Gasteiger partial charge on any atom is -0.444 e. The van der Waals surface area contributed by atoms with E-state index in [1.807, 2.05) is 56.5 Å². The summed E-state index contributed by atoms with van der Waals surface area (Å²) in [7, 11) is 5.78. The van der Waals surface area contributed by atoms with Crippen molar-refractivity contribution in [3.63, 3.8) is 0 Å². The largest absolute Gasteiger partial charge is 0.444 e. The third-order valence-corrected chi connectivity index (χ3v) is 6.67. The number of aryl methyl sites for hydroxylation is 1. The molecule has 1 amide bonds. The van der Waals surface area contributed by atoms with Gasteiger partial charge in [0.05, 0.1) is 23.1 Å². The second-order valence-electron chi connectivity index (χ2n) is 10.9. The number of hydrogen-bond donors (Lipinski definition) is 0. The zero-order valence-corrected chi connectivity index (χ0v) is 23.0. The molecule has 1 aliphatic heterocycles. The predicted molar refractivity (Wildman–Crippen MR) is 146 cm³/mol. The van der Waals surface area contributed by atoms with Crippen LogP contribution in [0.5, 0.6) is 0 Å². The van der Waals surface area contributed by atoms with Crippen LogP contribution in [0.4, 0.5) is 4.79 Å². The Kier molecular flexibility index (Phi) is 8.04. The maximum Gasteiger partial charge on any atom is 0.410 e. The number of carbonyl (C=O) groups excluding carboxylic acids is 1. The van der Waals surface area contributed by atoms with E-state index in [4.69, 9.17) is 14.6 Å². The van der Waals surface area contributed by atoms with Crippen LogP contribution < -0.4 is 0 Å². The maximum absolute atomic E-state index is 12.3. The van der Waals surface area contributed by atoms with Crippen LogP contribution in [0.3, 0.4) is 0 Å². The number of rotatable bonds is 8. The number of amides is 1. The topological polar surface area (TPSA) is 77.7 Å². The Hall–Kier alpha value is -3.17. The average molecular weight is 509 g/mol. The first kappa shape index (κ1) is 26.9. The van der Waals surface area contributed by atoms with Crippen molar-refractivity contribution in [3.8, 4) is 11.1 Å². The lowest BCUT2D eigenvalue weighted by Crippen LogP contribution is -2.38. The minimum absolute atomic E-state index is 0.0304. The third-order valence-electron chi connectivity index (χ3n) is 6.67. The van der Waals surface area contributed by atoms with Crippen molar-refractivity contribution in [2.45, 2.75) is 58.4 Å². The quantitative estimate of drug-likeness (QED) is 0.422. The standard InChI is InChI=1S/C28H40N6O3/c1-8-23-21-17-20(12-13-24(21)34(30-23)26-11-9-10-16-36-26)22-18-29-33(7)25(22)19-31(5)14-15-32(6)27(35)37-28(2,3)4/h8,12-13,17-18,26H,1,9-11,14-16,19H2,2-7H3. The Bertz CT molecular complexity index is 1250. The smallest absolute Gasteiger partial charge is 0.410 e. The van der Waals surface area contributed by atoms with E-state index in [1.54, 1.807) is 11.9 Å². The van der Waals surface area contributed by atoms with Gasteiger partial charge in [0.15, 0.2) is 6.23 Å². The van der Waals surface area contributed by atoms with Crippen LogP contribution in [-0.4, -0.2) is 74.8 Å². The van der Waals surface area contributed by atoms with Gasteiger partial charge < -0.3 is 14.4 Å². The highest BCUT2D eigenvalue weighted by atomic mass is 16.6. The Labute approximate surface area is 219 Å². The lowest BCUT2D eigenvalue weighted by molar-refractivity contribution is -0.0367. The van der Waals surface area contributed by atoms with Crippen LogP contribution in [-0.2, 0) is 23.1 Å². The molecule has 0 bridgehead atoms. The van der Waals surface area contributed by atoms with E-state index in [2.05, 4.69) is 34.8 Å². The van der Waals surface area contributed by atoms with Crippen molar-refractivity contribution >= 4 is 23.1 Å². The predicted octanol–water partition coefficient (Wildman–Crippen LogP) is 5.08. The summed E-state index contributed by atoms with van der Waals surface area (Å²) in [6, 6.07) is 6.43. The summed E-state index contributed by atoms with van der Waals surface area (Å²) < 4.78 is 15.4. The van der Waals surface area contributed by atoms with E-state index in [0.29, 0.717) is 19.6 Å². The van der Waals surface area contributed by atoms with Crippen LogP contribution in [0.25, 0.3) is 28.1 Å². The molecule has 37 heavy (non-hydrogen) atoms. The van der Waals surface area contributed by atoms with E-state index in [-0.39, 0.29) is 12.3 Å². The Morgan fingerprint density at radius 3 is 2.73 bits per heavy atom. The number of aromatic nitrogens is 4. The summed E-state index contributed by atoms with van der Waals surface area (Å²) in [5.74, 6) is 0. The van der Waals surface area contributed by atoms with Crippen LogP contribution >= 0.6 is 0 Å². The summed E-state index contributed by atoms with van der Waals surface area (Å²) >= 11 is 0. The van der Waals surface area contributed by atoms with Crippen molar-refractivity contribution < 1.29 is 14.3 Å². The summed E-state index contributed by atoms with van der Waals surface area (Å²) in [4.78, 5) is 16.1. The highest BCUT2D eigenvalue weighted by molar-refractivity contribution is 5.91. The van der Waals surface area contributed by atoms with Crippen LogP contribution in [0.2, 0.25) is 0 Å².